The van der Waals surface area contributed by atoms with E-state index in [1.807, 2.05) is 19.1 Å². The number of carbonyl (C=O) groups is 1. The highest BCUT2D eigenvalue weighted by molar-refractivity contribution is 6.61. The van der Waals surface area contributed by atoms with Crippen LogP contribution in [0.5, 0.6) is 0 Å². The van der Waals surface area contributed by atoms with Crippen molar-refractivity contribution in [2.75, 3.05) is 5.32 Å². The summed E-state index contributed by atoms with van der Waals surface area (Å²) in [5.41, 5.74) is 3.68. The summed E-state index contributed by atoms with van der Waals surface area (Å²) in [6.45, 7) is 3.64. The van der Waals surface area contributed by atoms with Crippen LogP contribution in [0.3, 0.4) is 0 Å². The molecule has 8 nitrogen and oxygen atoms in total. The van der Waals surface area contributed by atoms with Crippen molar-refractivity contribution in [2.45, 2.75) is 20.0 Å². The number of aromatic nitrogens is 4. The molecule has 9 heteroatoms. The highest BCUT2D eigenvalue weighted by Gasteiger charge is 2.32. The molecule has 26 heavy (non-hydrogen) atoms. The number of hydrogen-bond donors (Lipinski definition) is 2. The lowest BCUT2D eigenvalue weighted by Crippen LogP contribution is -2.28. The van der Waals surface area contributed by atoms with E-state index in [9.17, 15) is 9.82 Å². The van der Waals surface area contributed by atoms with Gasteiger partial charge < -0.3 is 15.0 Å². The van der Waals surface area contributed by atoms with E-state index in [4.69, 9.17) is 4.65 Å². The van der Waals surface area contributed by atoms with Gasteiger partial charge in [0.15, 0.2) is 5.69 Å². The minimum atomic E-state index is -0.981. The van der Waals surface area contributed by atoms with E-state index in [0.29, 0.717) is 16.8 Å². The zero-order chi connectivity index (χ0) is 18.3. The minimum Gasteiger partial charge on any atom is -0.423 e. The Labute approximate surface area is 150 Å². The van der Waals surface area contributed by atoms with Crippen LogP contribution in [0.1, 0.15) is 34.8 Å². The maximum Gasteiger partial charge on any atom is 0.492 e. The molecule has 1 aromatic carbocycles. The molecule has 2 aromatic heterocycles. The van der Waals surface area contributed by atoms with E-state index in [0.717, 1.165) is 11.3 Å². The third-order valence-electron chi connectivity index (χ3n) is 4.38. The van der Waals surface area contributed by atoms with Crippen molar-refractivity contribution in [3.63, 3.8) is 0 Å². The van der Waals surface area contributed by atoms with Crippen LogP contribution in [-0.4, -0.2) is 38.0 Å². The molecule has 1 amide bonds. The van der Waals surface area contributed by atoms with Crippen molar-refractivity contribution < 1.29 is 14.5 Å². The normalized spacial score (nSPS) is 15.8. The minimum absolute atomic E-state index is 0.175. The van der Waals surface area contributed by atoms with Crippen LogP contribution in [0, 0.1) is 6.92 Å². The Morgan fingerprint density at radius 3 is 3.00 bits per heavy atom. The summed E-state index contributed by atoms with van der Waals surface area (Å²) in [6.07, 6.45) is 3.13. The maximum absolute atomic E-state index is 12.6. The highest BCUT2D eigenvalue weighted by atomic mass is 16.5. The Morgan fingerprint density at radius 2 is 2.23 bits per heavy atom. The fourth-order valence-electron chi connectivity index (χ4n) is 3.03. The summed E-state index contributed by atoms with van der Waals surface area (Å²) in [7, 11) is -0.981. The van der Waals surface area contributed by atoms with E-state index >= 15 is 0 Å². The van der Waals surface area contributed by atoms with Gasteiger partial charge in [0.1, 0.15) is 0 Å². The number of benzene rings is 1. The Morgan fingerprint density at radius 1 is 1.38 bits per heavy atom. The molecule has 4 rings (SSSR count). The Bertz CT molecular complexity index is 976. The topological polar surface area (TPSA) is 102 Å². The second-order valence-electron chi connectivity index (χ2n) is 6.07. The van der Waals surface area contributed by atoms with E-state index in [-0.39, 0.29) is 17.7 Å². The third kappa shape index (κ3) is 2.77. The van der Waals surface area contributed by atoms with Gasteiger partial charge in [0.05, 0.1) is 23.7 Å². The van der Waals surface area contributed by atoms with Gasteiger partial charge in [0, 0.05) is 11.9 Å². The van der Waals surface area contributed by atoms with Gasteiger partial charge in [-0.25, -0.2) is 4.68 Å². The van der Waals surface area contributed by atoms with Gasteiger partial charge in [-0.2, -0.15) is 0 Å². The zero-order valence-corrected chi connectivity index (χ0v) is 14.2. The Balaban J connectivity index is 1.58. The van der Waals surface area contributed by atoms with Crippen LogP contribution in [0.15, 0.2) is 42.7 Å². The molecule has 1 unspecified atom stereocenters. The summed E-state index contributed by atoms with van der Waals surface area (Å²) < 4.78 is 6.92. The van der Waals surface area contributed by atoms with Gasteiger partial charge in [0.25, 0.3) is 5.91 Å². The molecule has 0 saturated carbocycles. The Kier molecular flexibility index (Phi) is 4.02. The van der Waals surface area contributed by atoms with Gasteiger partial charge in [-0.15, -0.1) is 5.10 Å². The first-order valence-corrected chi connectivity index (χ1v) is 8.16. The first-order chi connectivity index (χ1) is 12.5. The summed E-state index contributed by atoms with van der Waals surface area (Å²) >= 11 is 0. The van der Waals surface area contributed by atoms with Crippen molar-refractivity contribution in [3.8, 4) is 5.69 Å². The maximum atomic E-state index is 12.6. The molecule has 0 aliphatic carbocycles. The first-order valence-electron chi connectivity index (χ1n) is 8.16. The van der Waals surface area contributed by atoms with Gasteiger partial charge in [0.2, 0.25) is 0 Å². The van der Waals surface area contributed by atoms with Crippen LogP contribution in [0.4, 0.5) is 5.69 Å². The van der Waals surface area contributed by atoms with Gasteiger partial charge in [-0.3, -0.25) is 9.78 Å². The van der Waals surface area contributed by atoms with E-state index in [2.05, 4.69) is 20.6 Å². The molecule has 0 bridgehead atoms. The number of rotatable bonds is 3. The third-order valence-corrected chi connectivity index (χ3v) is 4.38. The SMILES string of the molecule is Cc1c(C(=O)Nc2ccc3c(c2)B(O)OC3C)nnn1-c1cccnc1. The Hall–Kier alpha value is -3.04. The predicted molar refractivity (Wildman–Crippen MR) is 95.4 cm³/mol. The van der Waals surface area contributed by atoms with Crippen LogP contribution >= 0.6 is 0 Å². The standard InChI is InChI=1S/C17H16BN5O3/c1-10-16(21-22-23(10)13-4-3-7-19-9-13)17(24)20-12-5-6-14-11(2)26-18(25)15(14)8-12/h3-9,11,25H,1-2H3,(H,20,24). The highest BCUT2D eigenvalue weighted by Crippen LogP contribution is 2.24. The van der Waals surface area contributed by atoms with Crippen molar-refractivity contribution in [1.29, 1.82) is 0 Å². The van der Waals surface area contributed by atoms with Crippen molar-refractivity contribution in [2.24, 2.45) is 0 Å². The fraction of sp³-hybridized carbons (Fsp3) is 0.176. The van der Waals surface area contributed by atoms with Gasteiger partial charge in [-0.05, 0) is 49.1 Å². The zero-order valence-electron chi connectivity index (χ0n) is 14.2. The molecule has 3 heterocycles. The molecule has 0 fully saturated rings. The summed E-state index contributed by atoms with van der Waals surface area (Å²) in [5, 5.41) is 20.7. The first kappa shape index (κ1) is 16.4. The van der Waals surface area contributed by atoms with Crippen LogP contribution in [0.2, 0.25) is 0 Å². The van der Waals surface area contributed by atoms with E-state index in [1.165, 1.54) is 0 Å². The lowest BCUT2D eigenvalue weighted by Gasteiger charge is -2.08. The average Bonchev–Trinajstić information content (AvgIpc) is 3.16. The van der Waals surface area contributed by atoms with Crippen molar-refractivity contribution in [3.05, 3.63) is 59.7 Å². The number of hydrogen-bond acceptors (Lipinski definition) is 6. The number of fused-ring (bicyclic) bond motifs is 1. The molecule has 0 saturated heterocycles. The van der Waals surface area contributed by atoms with Crippen molar-refractivity contribution in [1.82, 2.24) is 20.0 Å². The number of nitrogens with zero attached hydrogens (tertiary/aromatic N) is 4. The van der Waals surface area contributed by atoms with Gasteiger partial charge in [-0.1, -0.05) is 11.3 Å². The molecular formula is C17H16BN5O3. The monoisotopic (exact) mass is 349 g/mol. The molecule has 0 spiro atoms. The second-order valence-corrected chi connectivity index (χ2v) is 6.07. The summed E-state index contributed by atoms with van der Waals surface area (Å²) in [5.74, 6) is -0.376. The summed E-state index contributed by atoms with van der Waals surface area (Å²) in [4.78, 5) is 16.6. The van der Waals surface area contributed by atoms with Crippen LogP contribution < -0.4 is 10.8 Å². The fourth-order valence-corrected chi connectivity index (χ4v) is 3.03. The van der Waals surface area contributed by atoms with Gasteiger partial charge >= 0.3 is 7.12 Å². The number of anilines is 1. The molecule has 3 aromatic rings. The van der Waals surface area contributed by atoms with Crippen LogP contribution in [0.25, 0.3) is 5.69 Å². The number of pyridine rings is 1. The lowest BCUT2D eigenvalue weighted by molar-refractivity contribution is 0.102. The number of amides is 1. The second kappa shape index (κ2) is 6.36. The molecule has 2 N–H and O–H groups in total. The smallest absolute Gasteiger partial charge is 0.423 e. The molecule has 130 valence electrons. The largest absolute Gasteiger partial charge is 0.492 e. The molecule has 0 radical (unpaired) electrons. The summed E-state index contributed by atoms with van der Waals surface area (Å²) in [6, 6.07) is 8.94. The molecular weight excluding hydrogens is 333 g/mol. The molecule has 1 aliphatic rings. The van der Waals surface area contributed by atoms with Crippen LogP contribution in [-0.2, 0) is 4.65 Å². The lowest BCUT2D eigenvalue weighted by atomic mass is 9.79. The molecule has 1 atom stereocenters. The van der Waals surface area contributed by atoms with Crippen molar-refractivity contribution >= 4 is 24.2 Å². The van der Waals surface area contributed by atoms with E-state index < -0.39 is 7.12 Å². The molecule has 1 aliphatic heterocycles. The van der Waals surface area contributed by atoms with E-state index in [1.54, 1.807) is 42.2 Å². The number of nitrogens with one attached hydrogen (secondary N) is 1. The quantitative estimate of drug-likeness (QED) is 0.684. The predicted octanol–water partition coefficient (Wildman–Crippen LogP) is 1.00. The number of carbonyl (C=O) groups excluding carboxylic acids is 1. The average molecular weight is 349 g/mol.